The smallest absolute Gasteiger partial charge is 0.323 e. The van der Waals surface area contributed by atoms with E-state index in [4.69, 9.17) is 5.73 Å². The third-order valence-electron chi connectivity index (χ3n) is 2.83. The van der Waals surface area contributed by atoms with Crippen LogP contribution in [0.15, 0.2) is 6.20 Å². The Kier molecular flexibility index (Phi) is 3.64. The number of alkyl halides is 3. The van der Waals surface area contributed by atoms with Gasteiger partial charge in [0, 0.05) is 17.1 Å². The van der Waals surface area contributed by atoms with Crippen LogP contribution in [0.3, 0.4) is 0 Å². The molecule has 0 saturated heterocycles. The molecule has 0 amide bonds. The van der Waals surface area contributed by atoms with Crippen molar-refractivity contribution in [3.05, 3.63) is 16.1 Å². The highest BCUT2D eigenvalue weighted by atomic mass is 32.1. The fourth-order valence-corrected chi connectivity index (χ4v) is 2.16. The number of hydrogen-bond donors (Lipinski definition) is 1. The van der Waals surface area contributed by atoms with Gasteiger partial charge in [-0.05, 0) is 11.8 Å². The second-order valence-corrected chi connectivity index (χ2v) is 5.45. The summed E-state index contributed by atoms with van der Waals surface area (Å²) >= 11 is 0.629. The minimum absolute atomic E-state index is 0.227. The van der Waals surface area contributed by atoms with Crippen LogP contribution in [0, 0.1) is 5.41 Å². The molecule has 1 atom stereocenters. The summed E-state index contributed by atoms with van der Waals surface area (Å²) in [6.45, 7) is 5.83. The molecule has 2 N–H and O–H groups in total. The van der Waals surface area contributed by atoms with E-state index in [0.717, 1.165) is 6.42 Å². The van der Waals surface area contributed by atoms with Gasteiger partial charge in [0.25, 0.3) is 0 Å². The first-order valence-electron chi connectivity index (χ1n) is 4.97. The fourth-order valence-electron chi connectivity index (χ4n) is 1.17. The lowest BCUT2D eigenvalue weighted by Gasteiger charge is -2.29. The van der Waals surface area contributed by atoms with Crippen LogP contribution in [0.5, 0.6) is 0 Å². The number of rotatable bonds is 3. The number of halogens is 3. The molecule has 16 heavy (non-hydrogen) atoms. The van der Waals surface area contributed by atoms with Crippen molar-refractivity contribution < 1.29 is 13.2 Å². The van der Waals surface area contributed by atoms with E-state index in [1.807, 2.05) is 20.8 Å². The van der Waals surface area contributed by atoms with Crippen molar-refractivity contribution in [1.29, 1.82) is 0 Å². The van der Waals surface area contributed by atoms with E-state index in [1.165, 1.54) is 6.20 Å². The Morgan fingerprint density at radius 2 is 2.00 bits per heavy atom. The van der Waals surface area contributed by atoms with Crippen LogP contribution in [0.4, 0.5) is 13.2 Å². The molecule has 1 aromatic rings. The van der Waals surface area contributed by atoms with E-state index in [0.29, 0.717) is 16.2 Å². The van der Waals surface area contributed by atoms with Crippen LogP contribution in [0.1, 0.15) is 43.1 Å². The van der Waals surface area contributed by atoms with Gasteiger partial charge in [-0.25, -0.2) is 4.98 Å². The van der Waals surface area contributed by atoms with Gasteiger partial charge in [-0.15, -0.1) is 11.3 Å². The highest BCUT2D eigenvalue weighted by Gasteiger charge is 2.36. The van der Waals surface area contributed by atoms with Crippen molar-refractivity contribution in [2.45, 2.75) is 39.4 Å². The Hall–Kier alpha value is -0.620. The maximum atomic E-state index is 12.4. The van der Waals surface area contributed by atoms with Gasteiger partial charge in [0.2, 0.25) is 0 Å². The van der Waals surface area contributed by atoms with Crippen molar-refractivity contribution in [1.82, 2.24) is 4.98 Å². The number of hydrogen-bond acceptors (Lipinski definition) is 3. The predicted molar refractivity (Wildman–Crippen MR) is 58.1 cm³/mol. The lowest BCUT2D eigenvalue weighted by molar-refractivity contribution is -0.137. The van der Waals surface area contributed by atoms with Gasteiger partial charge in [-0.1, -0.05) is 20.8 Å². The molecule has 1 aromatic heterocycles. The van der Waals surface area contributed by atoms with E-state index in [9.17, 15) is 13.2 Å². The van der Waals surface area contributed by atoms with Gasteiger partial charge >= 0.3 is 6.18 Å². The van der Waals surface area contributed by atoms with E-state index in [2.05, 4.69) is 4.98 Å². The quantitative estimate of drug-likeness (QED) is 0.892. The summed E-state index contributed by atoms with van der Waals surface area (Å²) in [6, 6.07) is -0.411. The minimum atomic E-state index is -4.38. The van der Waals surface area contributed by atoms with Gasteiger partial charge in [0.05, 0.1) is 0 Å². The molecule has 6 heteroatoms. The summed E-state index contributed by atoms with van der Waals surface area (Å²) < 4.78 is 37.1. The van der Waals surface area contributed by atoms with Gasteiger partial charge in [0.15, 0.2) is 5.01 Å². The molecule has 0 fully saturated rings. The summed E-state index contributed by atoms with van der Waals surface area (Å²) in [5.74, 6) is 0. The van der Waals surface area contributed by atoms with Crippen molar-refractivity contribution >= 4 is 11.3 Å². The molecule has 0 spiro atoms. The third kappa shape index (κ3) is 2.74. The number of nitrogens with two attached hydrogens (primary N) is 1. The SMILES string of the molecule is CCC(C)(C)C(N)c1cnc(C(F)(F)F)s1. The lowest BCUT2D eigenvalue weighted by Crippen LogP contribution is -2.27. The molecule has 1 rings (SSSR count). The molecular weight excluding hydrogens is 237 g/mol. The maximum Gasteiger partial charge on any atom is 0.443 e. The first-order chi connectivity index (χ1) is 7.18. The molecule has 0 saturated carbocycles. The number of nitrogens with zero attached hydrogens (tertiary/aromatic N) is 1. The highest BCUT2D eigenvalue weighted by molar-refractivity contribution is 7.11. The molecule has 0 bridgehead atoms. The second kappa shape index (κ2) is 4.33. The summed E-state index contributed by atoms with van der Waals surface area (Å²) in [5, 5.41) is -0.829. The number of aromatic nitrogens is 1. The third-order valence-corrected chi connectivity index (χ3v) is 3.95. The van der Waals surface area contributed by atoms with E-state index < -0.39 is 17.2 Å². The summed E-state index contributed by atoms with van der Waals surface area (Å²) in [5.41, 5.74) is 5.72. The van der Waals surface area contributed by atoms with Crippen LogP contribution < -0.4 is 5.73 Å². The molecule has 2 nitrogen and oxygen atoms in total. The van der Waals surface area contributed by atoms with E-state index in [1.54, 1.807) is 0 Å². The molecule has 1 unspecified atom stereocenters. The largest absolute Gasteiger partial charge is 0.443 e. The molecule has 0 aromatic carbocycles. The minimum Gasteiger partial charge on any atom is -0.323 e. The van der Waals surface area contributed by atoms with Gasteiger partial charge in [-0.3, -0.25) is 0 Å². The average Bonchev–Trinajstić information content (AvgIpc) is 2.64. The molecule has 92 valence electrons. The first-order valence-corrected chi connectivity index (χ1v) is 5.78. The standard InChI is InChI=1S/C10H15F3N2S/c1-4-9(2,3)7(14)6-5-15-8(16-6)10(11,12)13/h5,7H,4,14H2,1-3H3. The second-order valence-electron chi connectivity index (χ2n) is 4.39. The molecular formula is C10H15F3N2S. The molecule has 0 radical (unpaired) electrons. The Balaban J connectivity index is 2.95. The Bertz CT molecular complexity index is 357. The first kappa shape index (κ1) is 13.4. The summed E-state index contributed by atoms with van der Waals surface area (Å²) in [4.78, 5) is 3.86. The lowest BCUT2D eigenvalue weighted by atomic mass is 9.82. The summed E-state index contributed by atoms with van der Waals surface area (Å²) in [7, 11) is 0. The Labute approximate surface area is 96.7 Å². The van der Waals surface area contributed by atoms with Crippen molar-refractivity contribution in [3.8, 4) is 0 Å². The predicted octanol–water partition coefficient (Wildman–Crippen LogP) is 3.60. The number of thiazole rings is 1. The molecule has 1 heterocycles. The van der Waals surface area contributed by atoms with Crippen LogP contribution in [0.2, 0.25) is 0 Å². The molecule has 0 aliphatic heterocycles. The fraction of sp³-hybridized carbons (Fsp3) is 0.700. The normalized spacial score (nSPS) is 15.2. The van der Waals surface area contributed by atoms with Crippen molar-refractivity contribution in [2.75, 3.05) is 0 Å². The molecule has 0 aliphatic rings. The van der Waals surface area contributed by atoms with Gasteiger partial charge in [-0.2, -0.15) is 13.2 Å². The van der Waals surface area contributed by atoms with Crippen molar-refractivity contribution in [3.63, 3.8) is 0 Å². The summed E-state index contributed by atoms with van der Waals surface area (Å²) in [6.07, 6.45) is -2.35. The Morgan fingerprint density at radius 1 is 1.44 bits per heavy atom. The van der Waals surface area contributed by atoms with Crippen LogP contribution in [-0.4, -0.2) is 4.98 Å². The zero-order valence-corrected chi connectivity index (χ0v) is 10.2. The maximum absolute atomic E-state index is 12.4. The van der Waals surface area contributed by atoms with Crippen LogP contribution in [-0.2, 0) is 6.18 Å². The zero-order chi connectivity index (χ0) is 12.6. The Morgan fingerprint density at radius 3 is 2.38 bits per heavy atom. The monoisotopic (exact) mass is 252 g/mol. The van der Waals surface area contributed by atoms with Gasteiger partial charge in [0.1, 0.15) is 0 Å². The average molecular weight is 252 g/mol. The van der Waals surface area contributed by atoms with Crippen LogP contribution >= 0.6 is 11.3 Å². The molecule has 0 aliphatic carbocycles. The van der Waals surface area contributed by atoms with Crippen LogP contribution in [0.25, 0.3) is 0 Å². The van der Waals surface area contributed by atoms with Crippen molar-refractivity contribution in [2.24, 2.45) is 11.1 Å². The van der Waals surface area contributed by atoms with Gasteiger partial charge < -0.3 is 5.73 Å². The van der Waals surface area contributed by atoms with E-state index >= 15 is 0 Å². The van der Waals surface area contributed by atoms with E-state index in [-0.39, 0.29) is 5.41 Å². The highest BCUT2D eigenvalue weighted by Crippen LogP contribution is 2.39. The topological polar surface area (TPSA) is 38.9 Å². The zero-order valence-electron chi connectivity index (χ0n) is 9.43.